The normalized spacial score (nSPS) is 18.1. The first-order chi connectivity index (χ1) is 20.0. The number of hydrogen-bond acceptors (Lipinski definition) is 6. The molecule has 3 aromatic carbocycles. The van der Waals surface area contributed by atoms with Crippen LogP contribution >= 0.6 is 23.2 Å². The van der Waals surface area contributed by atoms with Gasteiger partial charge in [-0.25, -0.2) is 0 Å². The van der Waals surface area contributed by atoms with Gasteiger partial charge in [-0.1, -0.05) is 55.2 Å². The van der Waals surface area contributed by atoms with E-state index in [1.165, 1.54) is 0 Å². The average Bonchev–Trinajstić information content (AvgIpc) is 2.94. The molecular formula is C34H33Cl2N3O3. The lowest BCUT2D eigenvalue weighted by Gasteiger charge is -2.44. The first-order valence-electron chi connectivity index (χ1n) is 13.7. The van der Waals surface area contributed by atoms with E-state index in [0.717, 1.165) is 33.7 Å². The average molecular weight is 603 g/mol. The molecule has 0 saturated carbocycles. The third-order valence-electron chi connectivity index (χ3n) is 8.04. The van der Waals surface area contributed by atoms with Gasteiger partial charge in [-0.2, -0.15) is 5.26 Å². The van der Waals surface area contributed by atoms with E-state index in [9.17, 15) is 10.1 Å². The SMILES string of the molecule is COc1ccc(OCc2cc(C3C(C#N)=C(N)N(c4cccc(Cl)c4Cl)C4=C3C(=O)CC(C)(C)C4)c(C)cc2C)cc1. The summed E-state index contributed by atoms with van der Waals surface area (Å²) in [6.45, 7) is 8.47. The summed E-state index contributed by atoms with van der Waals surface area (Å²) in [5.41, 5.74) is 12.5. The van der Waals surface area contributed by atoms with Crippen molar-refractivity contribution in [3.8, 4) is 17.6 Å². The van der Waals surface area contributed by atoms with Gasteiger partial charge in [-0.15, -0.1) is 0 Å². The quantitative estimate of drug-likeness (QED) is 0.307. The molecule has 0 radical (unpaired) electrons. The van der Waals surface area contributed by atoms with Crippen molar-refractivity contribution < 1.29 is 14.3 Å². The van der Waals surface area contributed by atoms with Crippen LogP contribution in [0.3, 0.4) is 0 Å². The number of carbonyl (C=O) groups is 1. The summed E-state index contributed by atoms with van der Waals surface area (Å²) >= 11 is 13.1. The Kier molecular flexibility index (Phi) is 8.02. The van der Waals surface area contributed by atoms with E-state index in [0.29, 0.717) is 52.1 Å². The summed E-state index contributed by atoms with van der Waals surface area (Å²) in [5.74, 6) is 1.07. The lowest BCUT2D eigenvalue weighted by molar-refractivity contribution is -0.118. The number of allylic oxidation sites excluding steroid dienone is 3. The molecule has 216 valence electrons. The number of hydrogen-bond donors (Lipinski definition) is 1. The Hall–Kier alpha value is -3.92. The van der Waals surface area contributed by atoms with Crippen LogP contribution in [0.1, 0.15) is 54.9 Å². The predicted molar refractivity (Wildman–Crippen MR) is 167 cm³/mol. The highest BCUT2D eigenvalue weighted by atomic mass is 35.5. The number of aryl methyl sites for hydroxylation is 2. The molecule has 8 heteroatoms. The number of carbonyl (C=O) groups excluding carboxylic acids is 1. The van der Waals surface area contributed by atoms with Crippen molar-refractivity contribution >= 4 is 34.7 Å². The number of ketones is 1. The number of ether oxygens (including phenoxy) is 2. The molecule has 1 aliphatic heterocycles. The van der Waals surface area contributed by atoms with Crippen LogP contribution in [0.25, 0.3) is 0 Å². The minimum absolute atomic E-state index is 0.00865. The van der Waals surface area contributed by atoms with Crippen molar-refractivity contribution in [3.05, 3.63) is 110 Å². The molecule has 1 atom stereocenters. The molecule has 1 unspecified atom stereocenters. The van der Waals surface area contributed by atoms with Gasteiger partial charge in [0.2, 0.25) is 0 Å². The third kappa shape index (κ3) is 5.35. The van der Waals surface area contributed by atoms with Crippen LogP contribution in [0, 0.1) is 30.6 Å². The molecule has 0 amide bonds. The molecule has 3 aromatic rings. The zero-order chi connectivity index (χ0) is 30.3. The fourth-order valence-corrected chi connectivity index (χ4v) is 6.36. The highest BCUT2D eigenvalue weighted by Gasteiger charge is 2.45. The standard InChI is InChI=1S/C34H33Cl2N3O3/c1-19-13-20(2)24(14-21(19)18-42-23-11-9-22(41-5)10-12-23)30-25(17-37)33(38)39(27-8-6-7-26(35)32(27)36)28-15-34(3,4)16-29(40)31(28)30/h6-14,30H,15-16,18,38H2,1-5H3. The largest absolute Gasteiger partial charge is 0.497 e. The molecule has 1 heterocycles. The zero-order valence-electron chi connectivity index (χ0n) is 24.3. The van der Waals surface area contributed by atoms with Gasteiger partial charge in [0.05, 0.1) is 40.4 Å². The van der Waals surface area contributed by atoms with Crippen molar-refractivity contribution in [1.29, 1.82) is 5.26 Å². The van der Waals surface area contributed by atoms with Crippen LogP contribution in [0.15, 0.2) is 77.3 Å². The number of anilines is 1. The number of rotatable bonds is 6. The number of nitriles is 1. The van der Waals surface area contributed by atoms with Crippen molar-refractivity contribution in [3.63, 3.8) is 0 Å². The molecule has 0 aromatic heterocycles. The predicted octanol–water partition coefficient (Wildman–Crippen LogP) is 8.14. The second-order valence-electron chi connectivity index (χ2n) is 11.7. The van der Waals surface area contributed by atoms with Gasteiger partial charge < -0.3 is 15.2 Å². The Morgan fingerprint density at radius 1 is 1.05 bits per heavy atom. The lowest BCUT2D eigenvalue weighted by Crippen LogP contribution is -2.42. The summed E-state index contributed by atoms with van der Waals surface area (Å²) in [6, 6.07) is 19.2. The Labute approximate surface area is 256 Å². The smallest absolute Gasteiger partial charge is 0.162 e. The fourth-order valence-electron chi connectivity index (χ4n) is 5.98. The zero-order valence-corrected chi connectivity index (χ0v) is 25.9. The van der Waals surface area contributed by atoms with E-state index < -0.39 is 5.92 Å². The summed E-state index contributed by atoms with van der Waals surface area (Å²) in [5, 5.41) is 11.2. The van der Waals surface area contributed by atoms with Crippen molar-refractivity contribution in [2.75, 3.05) is 12.0 Å². The van der Waals surface area contributed by atoms with Gasteiger partial charge in [0, 0.05) is 17.7 Å². The third-order valence-corrected chi connectivity index (χ3v) is 8.85. The van der Waals surface area contributed by atoms with E-state index in [1.54, 1.807) is 30.2 Å². The number of nitrogens with zero attached hydrogens (tertiary/aromatic N) is 2. The highest BCUT2D eigenvalue weighted by Crippen LogP contribution is 2.52. The summed E-state index contributed by atoms with van der Waals surface area (Å²) in [7, 11) is 1.62. The van der Waals surface area contributed by atoms with Gasteiger partial charge in [0.15, 0.2) is 5.78 Å². The second kappa shape index (κ2) is 11.4. The van der Waals surface area contributed by atoms with Crippen molar-refractivity contribution in [2.45, 2.75) is 53.1 Å². The van der Waals surface area contributed by atoms with Crippen molar-refractivity contribution in [2.24, 2.45) is 11.1 Å². The van der Waals surface area contributed by atoms with Gasteiger partial charge in [0.25, 0.3) is 0 Å². The van der Waals surface area contributed by atoms with Gasteiger partial charge in [-0.05, 0) is 84.3 Å². The van der Waals surface area contributed by atoms with E-state index in [2.05, 4.69) is 26.0 Å². The number of nitrogens with two attached hydrogens (primary N) is 1. The maximum atomic E-state index is 14.0. The van der Waals surface area contributed by atoms with Gasteiger partial charge in [0.1, 0.15) is 23.9 Å². The number of methoxy groups -OCH3 is 1. The fraction of sp³-hybridized carbons (Fsp3) is 0.294. The highest BCUT2D eigenvalue weighted by molar-refractivity contribution is 6.43. The Bertz CT molecular complexity index is 1680. The van der Waals surface area contributed by atoms with Crippen LogP contribution in [0.5, 0.6) is 11.5 Å². The van der Waals surface area contributed by atoms with Crippen LogP contribution in [0.2, 0.25) is 10.0 Å². The maximum absolute atomic E-state index is 14.0. The van der Waals surface area contributed by atoms with Crippen LogP contribution in [0.4, 0.5) is 5.69 Å². The molecule has 0 fully saturated rings. The first kappa shape index (κ1) is 29.6. The minimum Gasteiger partial charge on any atom is -0.497 e. The molecule has 0 saturated heterocycles. The van der Waals surface area contributed by atoms with E-state index >= 15 is 0 Å². The second-order valence-corrected chi connectivity index (χ2v) is 12.4. The minimum atomic E-state index is -0.622. The Balaban J connectivity index is 1.65. The van der Waals surface area contributed by atoms with Crippen LogP contribution in [-0.4, -0.2) is 12.9 Å². The molecule has 5 rings (SSSR count). The lowest BCUT2D eigenvalue weighted by atomic mass is 9.68. The number of halogens is 2. The molecule has 1 aliphatic carbocycles. The molecule has 2 aliphatic rings. The summed E-state index contributed by atoms with van der Waals surface area (Å²) < 4.78 is 11.4. The van der Waals surface area contributed by atoms with Crippen LogP contribution < -0.4 is 20.1 Å². The summed E-state index contributed by atoms with van der Waals surface area (Å²) in [6.07, 6.45) is 0.932. The van der Waals surface area contributed by atoms with E-state index in [4.69, 9.17) is 38.4 Å². The van der Waals surface area contributed by atoms with E-state index in [1.807, 2.05) is 44.2 Å². The molecule has 0 spiro atoms. The maximum Gasteiger partial charge on any atom is 0.162 e. The van der Waals surface area contributed by atoms with Gasteiger partial charge >= 0.3 is 0 Å². The van der Waals surface area contributed by atoms with Crippen LogP contribution in [-0.2, 0) is 11.4 Å². The Morgan fingerprint density at radius 3 is 2.40 bits per heavy atom. The Morgan fingerprint density at radius 2 is 1.74 bits per heavy atom. The molecule has 42 heavy (non-hydrogen) atoms. The molecule has 0 bridgehead atoms. The van der Waals surface area contributed by atoms with E-state index in [-0.39, 0.29) is 17.0 Å². The molecule has 6 nitrogen and oxygen atoms in total. The number of benzene rings is 3. The monoisotopic (exact) mass is 601 g/mol. The van der Waals surface area contributed by atoms with Crippen molar-refractivity contribution in [1.82, 2.24) is 0 Å². The molecule has 2 N–H and O–H groups in total. The van der Waals surface area contributed by atoms with Gasteiger partial charge in [-0.3, -0.25) is 9.69 Å². The number of Topliss-reactive ketones (excluding diaryl/α,β-unsaturated/α-hetero) is 1. The topological polar surface area (TPSA) is 88.6 Å². The first-order valence-corrected chi connectivity index (χ1v) is 14.5. The molecular weight excluding hydrogens is 569 g/mol. The summed E-state index contributed by atoms with van der Waals surface area (Å²) in [4.78, 5) is 15.8.